The Morgan fingerprint density at radius 3 is 2.61 bits per heavy atom. The third kappa shape index (κ3) is 5.22. The van der Waals surface area contributed by atoms with Gasteiger partial charge in [-0.05, 0) is 68.4 Å². The zero-order valence-corrected chi connectivity index (χ0v) is 21.3. The lowest BCUT2D eigenvalue weighted by Crippen LogP contribution is -2.29. The molecule has 6 nitrogen and oxygen atoms in total. The molecule has 2 aliphatic rings. The number of benzene rings is 1. The highest BCUT2D eigenvalue weighted by Crippen LogP contribution is 2.34. The molecular formula is C29H32N4O2S. The van der Waals surface area contributed by atoms with E-state index in [0.29, 0.717) is 5.92 Å². The Kier molecular flexibility index (Phi) is 6.84. The molecule has 2 atom stereocenters. The predicted molar refractivity (Wildman–Crippen MR) is 145 cm³/mol. The predicted octanol–water partition coefficient (Wildman–Crippen LogP) is 6.63. The molecule has 0 amide bonds. The third-order valence-corrected chi connectivity index (χ3v) is 8.44. The molecule has 3 aromatic heterocycles. The summed E-state index contributed by atoms with van der Waals surface area (Å²) in [6, 6.07) is 14.1. The summed E-state index contributed by atoms with van der Waals surface area (Å²) in [5, 5.41) is 11.4. The van der Waals surface area contributed by atoms with Gasteiger partial charge in [-0.2, -0.15) is 0 Å². The van der Waals surface area contributed by atoms with Crippen LogP contribution in [0.3, 0.4) is 0 Å². The van der Waals surface area contributed by atoms with Crippen LogP contribution in [0.2, 0.25) is 0 Å². The Balaban J connectivity index is 1.15. The van der Waals surface area contributed by atoms with Gasteiger partial charge in [-0.3, -0.25) is 4.98 Å². The second-order valence-electron chi connectivity index (χ2n) is 9.98. The highest BCUT2D eigenvalue weighted by atomic mass is 32.1. The van der Waals surface area contributed by atoms with Gasteiger partial charge in [0.25, 0.3) is 0 Å². The molecule has 1 aliphatic heterocycles. The molecule has 0 bridgehead atoms. The van der Waals surface area contributed by atoms with Gasteiger partial charge in [-0.25, -0.2) is 9.97 Å². The van der Waals surface area contributed by atoms with Crippen LogP contribution in [0.4, 0.5) is 5.82 Å². The van der Waals surface area contributed by atoms with E-state index in [1.807, 2.05) is 30.5 Å². The average molecular weight is 501 g/mol. The number of aliphatic hydroxyl groups excluding tert-OH is 1. The van der Waals surface area contributed by atoms with Gasteiger partial charge in [0.2, 0.25) is 0 Å². The van der Waals surface area contributed by atoms with E-state index in [2.05, 4.69) is 28.1 Å². The van der Waals surface area contributed by atoms with Gasteiger partial charge < -0.3 is 14.7 Å². The summed E-state index contributed by atoms with van der Waals surface area (Å²) in [5.74, 6) is 2.90. The van der Waals surface area contributed by atoms with Crippen molar-refractivity contribution in [2.45, 2.75) is 57.5 Å². The second kappa shape index (κ2) is 10.5. The first-order valence-corrected chi connectivity index (χ1v) is 14.0. The summed E-state index contributed by atoms with van der Waals surface area (Å²) >= 11 is 1.70. The molecule has 0 radical (unpaired) electrons. The van der Waals surface area contributed by atoms with Crippen molar-refractivity contribution in [1.29, 1.82) is 0 Å². The summed E-state index contributed by atoms with van der Waals surface area (Å²) in [5.41, 5.74) is 2.81. The van der Waals surface area contributed by atoms with E-state index in [9.17, 15) is 5.11 Å². The summed E-state index contributed by atoms with van der Waals surface area (Å²) < 4.78 is 7.32. The lowest BCUT2D eigenvalue weighted by molar-refractivity contribution is 0.0700. The molecule has 36 heavy (non-hydrogen) atoms. The fourth-order valence-corrected chi connectivity index (χ4v) is 6.46. The van der Waals surface area contributed by atoms with Crippen LogP contribution in [-0.2, 0) is 6.42 Å². The molecule has 2 fully saturated rings. The van der Waals surface area contributed by atoms with Crippen LogP contribution in [0, 0.1) is 5.92 Å². The Morgan fingerprint density at radius 2 is 1.78 bits per heavy atom. The number of nitrogens with zero attached hydrogens (tertiary/aromatic N) is 4. The van der Waals surface area contributed by atoms with Crippen molar-refractivity contribution >= 4 is 27.4 Å². The van der Waals surface area contributed by atoms with Crippen molar-refractivity contribution in [3.8, 4) is 22.8 Å². The first kappa shape index (κ1) is 23.4. The second-order valence-corrected chi connectivity index (χ2v) is 11.1. The van der Waals surface area contributed by atoms with E-state index >= 15 is 0 Å². The SMILES string of the molecule is O[C@@H]1CCCC[C@H]1Cc1nc2ccc(Oc3ccnc(-c4ccc(N5CCCCC5)nc4)c3)cc2s1. The zero-order valence-electron chi connectivity index (χ0n) is 20.5. The summed E-state index contributed by atoms with van der Waals surface area (Å²) in [4.78, 5) is 16.4. The Morgan fingerprint density at radius 1 is 0.917 bits per heavy atom. The number of hydrogen-bond donors (Lipinski definition) is 1. The normalized spacial score (nSPS) is 20.5. The van der Waals surface area contributed by atoms with Crippen molar-refractivity contribution in [2.75, 3.05) is 18.0 Å². The molecule has 0 spiro atoms. The molecule has 4 aromatic rings. The molecule has 1 aromatic carbocycles. The van der Waals surface area contributed by atoms with Gasteiger partial charge in [-0.15, -0.1) is 11.3 Å². The van der Waals surface area contributed by atoms with Crippen LogP contribution in [0.1, 0.15) is 50.0 Å². The van der Waals surface area contributed by atoms with Crippen molar-refractivity contribution < 1.29 is 9.84 Å². The lowest BCUT2D eigenvalue weighted by atomic mass is 9.84. The first-order valence-electron chi connectivity index (χ1n) is 13.1. The Labute approximate surface area is 216 Å². The minimum atomic E-state index is -0.193. The maximum Gasteiger partial charge on any atom is 0.131 e. The standard InChI is InChI=1S/C29H32N4O2S/c34-26-7-3-2-6-20(26)16-29-32-24-10-9-22(18-27(24)36-29)35-23-12-13-30-25(17-23)21-8-11-28(31-19-21)33-14-4-1-5-15-33/h8-13,17-20,26,34H,1-7,14-16H2/t20-,26+/m0/s1. The third-order valence-electron chi connectivity index (χ3n) is 7.40. The molecule has 1 saturated carbocycles. The largest absolute Gasteiger partial charge is 0.457 e. The lowest BCUT2D eigenvalue weighted by Gasteiger charge is -2.27. The van der Waals surface area contributed by atoms with E-state index in [4.69, 9.17) is 14.7 Å². The van der Waals surface area contributed by atoms with Gasteiger partial charge in [0.15, 0.2) is 0 Å². The molecule has 7 heteroatoms. The van der Waals surface area contributed by atoms with Crippen LogP contribution < -0.4 is 9.64 Å². The van der Waals surface area contributed by atoms with E-state index in [1.54, 1.807) is 17.5 Å². The van der Waals surface area contributed by atoms with Gasteiger partial charge in [-0.1, -0.05) is 12.8 Å². The average Bonchev–Trinajstić information content (AvgIpc) is 3.32. The summed E-state index contributed by atoms with van der Waals surface area (Å²) in [7, 11) is 0. The van der Waals surface area contributed by atoms with Crippen LogP contribution in [0.25, 0.3) is 21.5 Å². The zero-order chi connectivity index (χ0) is 24.3. The van der Waals surface area contributed by atoms with Gasteiger partial charge in [0, 0.05) is 49.6 Å². The van der Waals surface area contributed by atoms with Gasteiger partial charge >= 0.3 is 0 Å². The van der Waals surface area contributed by atoms with E-state index in [0.717, 1.165) is 82.6 Å². The molecule has 6 rings (SSSR count). The topological polar surface area (TPSA) is 71.4 Å². The maximum atomic E-state index is 10.3. The fraction of sp³-hybridized carbons (Fsp3) is 0.414. The van der Waals surface area contributed by atoms with Crippen LogP contribution in [0.5, 0.6) is 11.5 Å². The Bertz CT molecular complexity index is 1320. The number of rotatable bonds is 6. The van der Waals surface area contributed by atoms with Crippen LogP contribution in [-0.4, -0.2) is 39.3 Å². The fourth-order valence-electron chi connectivity index (χ4n) is 5.37. The van der Waals surface area contributed by atoms with Crippen LogP contribution in [0.15, 0.2) is 54.9 Å². The van der Waals surface area contributed by atoms with E-state index in [1.165, 1.54) is 25.7 Å². The minimum Gasteiger partial charge on any atom is -0.457 e. The number of pyridine rings is 2. The van der Waals surface area contributed by atoms with E-state index in [-0.39, 0.29) is 6.10 Å². The Hall–Kier alpha value is -3.03. The van der Waals surface area contributed by atoms with E-state index < -0.39 is 0 Å². The number of anilines is 1. The number of ether oxygens (including phenoxy) is 1. The molecule has 1 N–H and O–H groups in total. The number of hydrogen-bond acceptors (Lipinski definition) is 7. The number of aliphatic hydroxyl groups is 1. The minimum absolute atomic E-state index is 0.193. The highest BCUT2D eigenvalue weighted by Gasteiger charge is 2.24. The molecule has 186 valence electrons. The van der Waals surface area contributed by atoms with Crippen molar-refractivity contribution in [1.82, 2.24) is 15.0 Å². The van der Waals surface area contributed by atoms with Crippen molar-refractivity contribution in [3.05, 3.63) is 59.9 Å². The number of fused-ring (bicyclic) bond motifs is 1. The van der Waals surface area contributed by atoms with Crippen molar-refractivity contribution in [2.24, 2.45) is 5.92 Å². The van der Waals surface area contributed by atoms with Gasteiger partial charge in [0.1, 0.15) is 17.3 Å². The number of piperidine rings is 1. The van der Waals surface area contributed by atoms with Gasteiger partial charge in [0.05, 0.1) is 27.0 Å². The number of aromatic nitrogens is 3. The molecule has 1 saturated heterocycles. The molecule has 0 unspecified atom stereocenters. The maximum absolute atomic E-state index is 10.3. The van der Waals surface area contributed by atoms with Crippen LogP contribution >= 0.6 is 11.3 Å². The summed E-state index contributed by atoms with van der Waals surface area (Å²) in [6.45, 7) is 2.17. The number of thiazole rings is 1. The van der Waals surface area contributed by atoms with Crippen molar-refractivity contribution in [3.63, 3.8) is 0 Å². The smallest absolute Gasteiger partial charge is 0.131 e. The summed E-state index contributed by atoms with van der Waals surface area (Å²) in [6.07, 6.45) is 12.5. The first-order chi connectivity index (χ1) is 17.7. The molecular weight excluding hydrogens is 468 g/mol. The highest BCUT2D eigenvalue weighted by molar-refractivity contribution is 7.18. The molecule has 1 aliphatic carbocycles. The molecule has 4 heterocycles. The monoisotopic (exact) mass is 500 g/mol. The quantitative estimate of drug-likeness (QED) is 0.320.